The van der Waals surface area contributed by atoms with Gasteiger partial charge >= 0.3 is 0 Å². The summed E-state index contributed by atoms with van der Waals surface area (Å²) >= 11 is 1.70. The molecule has 0 unspecified atom stereocenters. The van der Waals surface area contributed by atoms with Crippen LogP contribution < -0.4 is 0 Å². The predicted molar refractivity (Wildman–Crippen MR) is 110 cm³/mol. The van der Waals surface area contributed by atoms with Gasteiger partial charge in [0.2, 0.25) is 5.91 Å². The first kappa shape index (κ1) is 19.5. The van der Waals surface area contributed by atoms with E-state index < -0.39 is 9.84 Å². The maximum Gasteiger partial charge on any atom is 0.226 e. The fourth-order valence-electron chi connectivity index (χ4n) is 3.88. The topological polar surface area (TPSA) is 70.6 Å². The van der Waals surface area contributed by atoms with Crippen molar-refractivity contribution in [3.05, 3.63) is 52.0 Å². The zero-order chi connectivity index (χ0) is 19.6. The lowest BCUT2D eigenvalue weighted by Crippen LogP contribution is -2.50. The average Bonchev–Trinajstić information content (AvgIpc) is 3.28. The van der Waals surface area contributed by atoms with Crippen LogP contribution in [0.4, 0.5) is 0 Å². The molecule has 1 aromatic heterocycles. The van der Waals surface area contributed by atoms with E-state index in [9.17, 15) is 13.2 Å². The van der Waals surface area contributed by atoms with E-state index >= 15 is 0 Å². The van der Waals surface area contributed by atoms with Gasteiger partial charge in [-0.1, -0.05) is 30.3 Å². The third kappa shape index (κ3) is 4.79. The average molecular weight is 420 g/mol. The number of carbonyl (C=O) groups excluding carboxylic acids is 1. The monoisotopic (exact) mass is 419 g/mol. The zero-order valence-corrected chi connectivity index (χ0v) is 17.4. The number of carbonyl (C=O) groups is 1. The zero-order valence-electron chi connectivity index (χ0n) is 15.8. The molecule has 0 aliphatic carbocycles. The molecule has 2 saturated heterocycles. The molecule has 2 aromatic rings. The van der Waals surface area contributed by atoms with Gasteiger partial charge in [0, 0.05) is 44.5 Å². The van der Waals surface area contributed by atoms with Crippen molar-refractivity contribution in [2.75, 3.05) is 37.7 Å². The highest BCUT2D eigenvalue weighted by molar-refractivity contribution is 7.91. The maximum absolute atomic E-state index is 12.6. The van der Waals surface area contributed by atoms with Crippen molar-refractivity contribution >= 4 is 27.1 Å². The molecule has 2 aliphatic rings. The molecule has 28 heavy (non-hydrogen) atoms. The molecule has 150 valence electrons. The van der Waals surface area contributed by atoms with E-state index in [0.717, 1.165) is 36.8 Å². The largest absolute Gasteiger partial charge is 0.340 e. The standard InChI is InChI=1S/C20H25N3O3S2/c24-20(17-6-11-28(25,26)15-17)23-9-7-22(8-10-23)13-18-14-27-19(21-18)12-16-4-2-1-3-5-16/h1-5,14,17H,6-13,15H2/t17-/m0/s1. The molecular weight excluding hydrogens is 394 g/mol. The number of aromatic nitrogens is 1. The maximum atomic E-state index is 12.6. The molecule has 3 heterocycles. The minimum atomic E-state index is -3.02. The summed E-state index contributed by atoms with van der Waals surface area (Å²) in [5.41, 5.74) is 2.35. The fraction of sp³-hybridized carbons (Fsp3) is 0.500. The third-order valence-corrected chi connectivity index (χ3v) is 8.11. The van der Waals surface area contributed by atoms with Crippen LogP contribution in [0.15, 0.2) is 35.7 Å². The summed E-state index contributed by atoms with van der Waals surface area (Å²) in [6, 6.07) is 10.4. The number of hydrogen-bond donors (Lipinski definition) is 0. The quantitative estimate of drug-likeness (QED) is 0.739. The van der Waals surface area contributed by atoms with E-state index in [1.165, 1.54) is 5.56 Å². The van der Waals surface area contributed by atoms with Crippen LogP contribution in [0.3, 0.4) is 0 Å². The van der Waals surface area contributed by atoms with Crippen molar-refractivity contribution in [2.45, 2.75) is 19.4 Å². The lowest BCUT2D eigenvalue weighted by Gasteiger charge is -2.35. The normalized spacial score (nSPS) is 22.4. The summed E-state index contributed by atoms with van der Waals surface area (Å²) in [6.07, 6.45) is 1.34. The molecule has 1 atom stereocenters. The second kappa shape index (κ2) is 8.31. The predicted octanol–water partition coefficient (Wildman–Crippen LogP) is 1.81. The summed E-state index contributed by atoms with van der Waals surface area (Å²) in [6.45, 7) is 3.73. The lowest BCUT2D eigenvalue weighted by atomic mass is 10.1. The Morgan fingerprint density at radius 3 is 2.57 bits per heavy atom. The lowest BCUT2D eigenvalue weighted by molar-refractivity contribution is -0.136. The first-order valence-corrected chi connectivity index (χ1v) is 12.4. The Bertz CT molecular complexity index is 919. The van der Waals surface area contributed by atoms with Crippen LogP contribution in [0, 0.1) is 5.92 Å². The van der Waals surface area contributed by atoms with Crippen LogP contribution in [0.1, 0.15) is 22.7 Å². The number of hydrogen-bond acceptors (Lipinski definition) is 6. The minimum absolute atomic E-state index is 0.0135. The Morgan fingerprint density at radius 1 is 1.14 bits per heavy atom. The SMILES string of the molecule is O=C([C@H]1CCS(=O)(=O)C1)N1CCN(Cc2csc(Cc3ccccc3)n2)CC1. The van der Waals surface area contributed by atoms with Crippen LogP contribution in [0.5, 0.6) is 0 Å². The van der Waals surface area contributed by atoms with Gasteiger partial charge in [0.1, 0.15) is 0 Å². The van der Waals surface area contributed by atoms with E-state index in [2.05, 4.69) is 22.4 Å². The van der Waals surface area contributed by atoms with Gasteiger partial charge in [-0.15, -0.1) is 11.3 Å². The van der Waals surface area contributed by atoms with E-state index in [1.807, 2.05) is 23.1 Å². The van der Waals surface area contributed by atoms with Crippen LogP contribution in [-0.4, -0.2) is 66.8 Å². The number of piperazine rings is 1. The fourth-order valence-corrected chi connectivity index (χ4v) is 6.43. The number of nitrogens with zero attached hydrogens (tertiary/aromatic N) is 3. The summed E-state index contributed by atoms with van der Waals surface area (Å²) in [4.78, 5) is 21.5. The first-order chi connectivity index (χ1) is 13.5. The summed E-state index contributed by atoms with van der Waals surface area (Å²) in [5.74, 6) is -0.150. The van der Waals surface area contributed by atoms with Crippen LogP contribution in [-0.2, 0) is 27.6 Å². The molecular formula is C20H25N3O3S2. The van der Waals surface area contributed by atoms with E-state index in [0.29, 0.717) is 19.5 Å². The summed E-state index contributed by atoms with van der Waals surface area (Å²) in [7, 11) is -3.02. The molecule has 2 fully saturated rings. The molecule has 1 amide bonds. The number of amides is 1. The van der Waals surface area contributed by atoms with Crippen LogP contribution in [0.25, 0.3) is 0 Å². The highest BCUT2D eigenvalue weighted by atomic mass is 32.2. The van der Waals surface area contributed by atoms with E-state index in [4.69, 9.17) is 4.98 Å². The Kier molecular flexibility index (Phi) is 5.80. The van der Waals surface area contributed by atoms with Crippen molar-refractivity contribution in [3.63, 3.8) is 0 Å². The molecule has 0 spiro atoms. The van der Waals surface area contributed by atoms with Crippen LogP contribution >= 0.6 is 11.3 Å². The molecule has 1 aromatic carbocycles. The number of rotatable bonds is 5. The summed E-state index contributed by atoms with van der Waals surface area (Å²) in [5, 5.41) is 3.25. The first-order valence-electron chi connectivity index (χ1n) is 9.67. The van der Waals surface area contributed by atoms with Gasteiger partial charge in [-0.25, -0.2) is 13.4 Å². The van der Waals surface area contributed by atoms with Gasteiger partial charge in [0.15, 0.2) is 9.84 Å². The summed E-state index contributed by atoms with van der Waals surface area (Å²) < 4.78 is 23.2. The van der Waals surface area contributed by atoms with Crippen molar-refractivity contribution in [2.24, 2.45) is 5.92 Å². The van der Waals surface area contributed by atoms with Crippen LogP contribution in [0.2, 0.25) is 0 Å². The van der Waals surface area contributed by atoms with E-state index in [-0.39, 0.29) is 23.3 Å². The Morgan fingerprint density at radius 2 is 1.89 bits per heavy atom. The number of benzene rings is 1. The Labute approximate surface area is 170 Å². The highest BCUT2D eigenvalue weighted by Gasteiger charge is 2.36. The number of thiazole rings is 1. The molecule has 6 nitrogen and oxygen atoms in total. The molecule has 2 aliphatic heterocycles. The third-order valence-electron chi connectivity index (χ3n) is 5.45. The Balaban J connectivity index is 1.26. The van der Waals surface area contributed by atoms with Gasteiger partial charge in [0.25, 0.3) is 0 Å². The highest BCUT2D eigenvalue weighted by Crippen LogP contribution is 2.22. The molecule has 0 bridgehead atoms. The van der Waals surface area contributed by atoms with Crippen molar-refractivity contribution in [3.8, 4) is 0 Å². The van der Waals surface area contributed by atoms with Gasteiger partial charge in [-0.05, 0) is 12.0 Å². The molecule has 4 rings (SSSR count). The molecule has 0 saturated carbocycles. The van der Waals surface area contributed by atoms with E-state index in [1.54, 1.807) is 11.3 Å². The van der Waals surface area contributed by atoms with Gasteiger partial charge in [0.05, 0.1) is 28.1 Å². The molecule has 0 radical (unpaired) electrons. The molecule has 8 heteroatoms. The van der Waals surface area contributed by atoms with Gasteiger partial charge < -0.3 is 4.90 Å². The Hall–Kier alpha value is -1.77. The smallest absolute Gasteiger partial charge is 0.226 e. The van der Waals surface area contributed by atoms with Gasteiger partial charge in [-0.3, -0.25) is 9.69 Å². The van der Waals surface area contributed by atoms with Crippen molar-refractivity contribution < 1.29 is 13.2 Å². The van der Waals surface area contributed by atoms with Crippen molar-refractivity contribution in [1.82, 2.24) is 14.8 Å². The molecule has 0 N–H and O–H groups in total. The van der Waals surface area contributed by atoms with Gasteiger partial charge in [-0.2, -0.15) is 0 Å². The van der Waals surface area contributed by atoms with Crippen molar-refractivity contribution in [1.29, 1.82) is 0 Å². The second-order valence-corrected chi connectivity index (χ2v) is 10.8. The minimum Gasteiger partial charge on any atom is -0.340 e. The number of sulfone groups is 1. The second-order valence-electron chi connectivity index (χ2n) is 7.60.